The van der Waals surface area contributed by atoms with Crippen LogP contribution in [0.3, 0.4) is 0 Å². The summed E-state index contributed by atoms with van der Waals surface area (Å²) >= 11 is 6.79. The monoisotopic (exact) mass is 338 g/mol. The summed E-state index contributed by atoms with van der Waals surface area (Å²) in [5.74, 6) is 0.597. The molecule has 0 radical (unpaired) electrons. The van der Waals surface area contributed by atoms with Crippen LogP contribution in [0.25, 0.3) is 15.7 Å². The van der Waals surface area contributed by atoms with Gasteiger partial charge in [-0.05, 0) is 30.9 Å². The molecule has 2 aromatic rings. The highest BCUT2D eigenvalue weighted by molar-refractivity contribution is 6.21. The summed E-state index contributed by atoms with van der Waals surface area (Å²) in [5, 5.41) is 1.21. The van der Waals surface area contributed by atoms with Gasteiger partial charge in [0.25, 0.3) is 0 Å². The molecule has 0 spiro atoms. The minimum Gasteiger partial charge on any atom is -0.358 e. The van der Waals surface area contributed by atoms with Gasteiger partial charge in [0, 0.05) is 22.0 Å². The van der Waals surface area contributed by atoms with Crippen molar-refractivity contribution in [2.24, 2.45) is 11.3 Å². The van der Waals surface area contributed by atoms with Crippen molar-refractivity contribution in [3.8, 4) is 0 Å². The number of H-pyrrole nitrogens is 1. The lowest BCUT2D eigenvalue weighted by Crippen LogP contribution is -2.49. The predicted octanol–water partition coefficient (Wildman–Crippen LogP) is 5.65. The highest BCUT2D eigenvalue weighted by Crippen LogP contribution is 2.63. The third-order valence-electron chi connectivity index (χ3n) is 6.78. The van der Waals surface area contributed by atoms with Crippen LogP contribution >= 0.6 is 11.6 Å². The van der Waals surface area contributed by atoms with Gasteiger partial charge in [0.2, 0.25) is 6.04 Å². The van der Waals surface area contributed by atoms with Gasteiger partial charge < -0.3 is 9.83 Å². The van der Waals surface area contributed by atoms with Crippen molar-refractivity contribution in [1.29, 1.82) is 0 Å². The second kappa shape index (κ2) is 4.90. The molecule has 4 rings (SSSR count). The Morgan fingerprint density at radius 3 is 2.71 bits per heavy atom. The number of alkyl halides is 1. The molecule has 3 heteroatoms. The van der Waals surface area contributed by atoms with Gasteiger partial charge in [0.05, 0.1) is 16.7 Å². The van der Waals surface area contributed by atoms with E-state index in [2.05, 4.69) is 61.4 Å². The topological polar surface area (TPSA) is 20.1 Å². The van der Waals surface area contributed by atoms with E-state index in [0.29, 0.717) is 5.92 Å². The Kier molecular flexibility index (Phi) is 3.22. The average Bonchev–Trinajstić information content (AvgIpc) is 3.04. The average molecular weight is 339 g/mol. The molecule has 2 aliphatic rings. The molecule has 2 nitrogen and oxygen atoms in total. The van der Waals surface area contributed by atoms with Crippen molar-refractivity contribution in [2.45, 2.75) is 49.9 Å². The van der Waals surface area contributed by atoms with E-state index >= 15 is 0 Å². The maximum atomic E-state index is 7.94. The van der Waals surface area contributed by atoms with E-state index in [1.807, 2.05) is 6.08 Å². The molecule has 1 fully saturated rings. The van der Waals surface area contributed by atoms with Gasteiger partial charge >= 0.3 is 0 Å². The number of fused-ring (bicyclic) bond motifs is 5. The zero-order valence-electron chi connectivity index (χ0n) is 14.4. The Morgan fingerprint density at radius 2 is 2.04 bits per heavy atom. The summed E-state index contributed by atoms with van der Waals surface area (Å²) in [7, 11) is 0. The highest BCUT2D eigenvalue weighted by Gasteiger charge is 2.63. The number of rotatable bonds is 1. The molecule has 1 aromatic carbocycles. The second-order valence-corrected chi connectivity index (χ2v) is 8.69. The van der Waals surface area contributed by atoms with Crippen LogP contribution in [-0.4, -0.2) is 16.4 Å². The van der Waals surface area contributed by atoms with E-state index in [1.54, 1.807) is 0 Å². The number of aromatic amines is 1. The van der Waals surface area contributed by atoms with Crippen LogP contribution in [-0.2, 0) is 5.41 Å². The van der Waals surface area contributed by atoms with Gasteiger partial charge in [0.1, 0.15) is 0 Å². The Hall–Kier alpha value is -1.72. The number of nitrogens with zero attached hydrogens (tertiary/aromatic N) is 1. The van der Waals surface area contributed by atoms with Crippen LogP contribution < -0.4 is 0 Å². The molecule has 0 bridgehead atoms. The zero-order valence-corrected chi connectivity index (χ0v) is 15.2. The SMILES string of the molecule is [C-]#[N+][C@@H]1[C@@H]2c3c([nH]c4ccccc34)C(C)(C)[C@H]2C[C@@H](Cl)[C@@]1(C)C=C. The predicted molar refractivity (Wildman–Crippen MR) is 101 cm³/mol. The number of halogens is 1. The summed E-state index contributed by atoms with van der Waals surface area (Å²) in [4.78, 5) is 7.75. The number of nitrogens with one attached hydrogen (secondary N) is 1. The fraction of sp³-hybridized carbons (Fsp3) is 0.476. The van der Waals surface area contributed by atoms with Crippen LogP contribution in [0.2, 0.25) is 0 Å². The maximum Gasteiger partial charge on any atom is 0.240 e. The number of para-hydroxylation sites is 1. The molecule has 2 aliphatic carbocycles. The Balaban J connectivity index is 2.01. The van der Waals surface area contributed by atoms with Crippen LogP contribution in [0.1, 0.15) is 44.4 Å². The lowest BCUT2D eigenvalue weighted by Gasteiger charge is -2.45. The van der Waals surface area contributed by atoms with Crippen molar-refractivity contribution >= 4 is 22.5 Å². The second-order valence-electron chi connectivity index (χ2n) is 8.16. The third-order valence-corrected chi connectivity index (χ3v) is 7.42. The van der Waals surface area contributed by atoms with Crippen molar-refractivity contribution in [3.63, 3.8) is 0 Å². The van der Waals surface area contributed by atoms with Crippen LogP contribution in [0.5, 0.6) is 0 Å². The standard InChI is InChI=1S/C21H23ClN2/c1-6-21(4)15(22)11-13-17(19(21)23-5)16-12-9-7-8-10-14(12)24-18(16)20(13,2)3/h6-10,13,15,17,19,24H,1,11H2,2-4H3/t13-,15+,17-,19+,21+/m0/s1. The smallest absolute Gasteiger partial charge is 0.240 e. The van der Waals surface area contributed by atoms with Crippen LogP contribution in [0, 0.1) is 17.9 Å². The first-order chi connectivity index (χ1) is 11.4. The van der Waals surface area contributed by atoms with E-state index in [4.69, 9.17) is 18.2 Å². The molecular formula is C21H23ClN2. The quantitative estimate of drug-likeness (QED) is 0.394. The summed E-state index contributed by atoms with van der Waals surface area (Å²) in [6.07, 6.45) is 2.84. The largest absolute Gasteiger partial charge is 0.358 e. The van der Waals surface area contributed by atoms with Crippen molar-refractivity contribution in [3.05, 3.63) is 59.6 Å². The molecule has 1 N–H and O–H groups in total. The van der Waals surface area contributed by atoms with E-state index < -0.39 is 0 Å². The molecule has 1 heterocycles. The first-order valence-electron chi connectivity index (χ1n) is 8.61. The molecule has 1 saturated carbocycles. The minimum atomic E-state index is -0.361. The molecule has 24 heavy (non-hydrogen) atoms. The molecule has 5 atom stereocenters. The lowest BCUT2D eigenvalue weighted by molar-refractivity contribution is 0.147. The van der Waals surface area contributed by atoms with E-state index in [-0.39, 0.29) is 28.2 Å². The Bertz CT molecular complexity index is 872. The Labute approximate surface area is 148 Å². The summed E-state index contributed by atoms with van der Waals surface area (Å²) in [6.45, 7) is 18.7. The molecule has 0 unspecified atom stereocenters. The van der Waals surface area contributed by atoms with E-state index in [1.165, 1.54) is 22.2 Å². The highest BCUT2D eigenvalue weighted by atomic mass is 35.5. The first-order valence-corrected chi connectivity index (χ1v) is 9.05. The summed E-state index contributed by atoms with van der Waals surface area (Å²) in [6, 6.07) is 8.29. The molecule has 0 saturated heterocycles. The normalized spacial score (nSPS) is 36.8. The number of benzene rings is 1. The number of aromatic nitrogens is 1. The van der Waals surface area contributed by atoms with Gasteiger partial charge in [-0.25, -0.2) is 6.57 Å². The van der Waals surface area contributed by atoms with Gasteiger partial charge in [-0.2, -0.15) is 0 Å². The molecular weight excluding hydrogens is 316 g/mol. The van der Waals surface area contributed by atoms with Gasteiger partial charge in [-0.1, -0.05) is 38.1 Å². The first kappa shape index (κ1) is 15.8. The Morgan fingerprint density at radius 1 is 1.33 bits per heavy atom. The van der Waals surface area contributed by atoms with Crippen molar-refractivity contribution < 1.29 is 0 Å². The third kappa shape index (κ3) is 1.72. The van der Waals surface area contributed by atoms with Crippen LogP contribution in [0.15, 0.2) is 36.9 Å². The minimum absolute atomic E-state index is 0.00238. The van der Waals surface area contributed by atoms with Crippen molar-refractivity contribution in [1.82, 2.24) is 4.98 Å². The summed E-state index contributed by atoms with van der Waals surface area (Å²) in [5.41, 5.74) is 3.45. The number of hydrogen-bond donors (Lipinski definition) is 1. The molecule has 0 amide bonds. The lowest BCUT2D eigenvalue weighted by atomic mass is 9.59. The van der Waals surface area contributed by atoms with Crippen LogP contribution in [0.4, 0.5) is 0 Å². The molecule has 1 aromatic heterocycles. The molecule has 0 aliphatic heterocycles. The fourth-order valence-electron chi connectivity index (χ4n) is 5.19. The molecule has 124 valence electrons. The van der Waals surface area contributed by atoms with Crippen molar-refractivity contribution in [2.75, 3.05) is 0 Å². The van der Waals surface area contributed by atoms with E-state index in [0.717, 1.165) is 6.42 Å². The fourth-order valence-corrected chi connectivity index (χ4v) is 5.60. The number of hydrogen-bond acceptors (Lipinski definition) is 0. The van der Waals surface area contributed by atoms with Gasteiger partial charge in [-0.3, -0.25) is 0 Å². The van der Waals surface area contributed by atoms with E-state index in [9.17, 15) is 0 Å². The van der Waals surface area contributed by atoms with Gasteiger partial charge in [-0.15, -0.1) is 18.2 Å². The maximum absolute atomic E-state index is 7.94. The van der Waals surface area contributed by atoms with Gasteiger partial charge in [0.15, 0.2) is 0 Å². The summed E-state index contributed by atoms with van der Waals surface area (Å²) < 4.78 is 0. The zero-order chi connectivity index (χ0) is 17.3.